The quantitative estimate of drug-likeness (QED) is 0.598. The fourth-order valence-electron chi connectivity index (χ4n) is 2.55. The number of aromatic nitrogens is 2. The molecule has 0 unspecified atom stereocenters. The van der Waals surface area contributed by atoms with Crippen LogP contribution in [-0.2, 0) is 0 Å². The number of ether oxygens (including phenoxy) is 3. The van der Waals surface area contributed by atoms with Gasteiger partial charge in [0.15, 0.2) is 0 Å². The van der Waals surface area contributed by atoms with Crippen molar-refractivity contribution in [2.24, 2.45) is 0 Å². The van der Waals surface area contributed by atoms with Gasteiger partial charge in [0.2, 0.25) is 0 Å². The molecule has 3 rings (SSSR count). The minimum atomic E-state index is -0.352. The van der Waals surface area contributed by atoms with Gasteiger partial charge in [-0.2, -0.15) is 0 Å². The number of benzene rings is 2. The molecule has 150 valence electrons. The monoisotopic (exact) mass is 394 g/mol. The molecule has 3 aromatic rings. The molecule has 2 aromatic carbocycles. The van der Waals surface area contributed by atoms with E-state index in [1.54, 1.807) is 50.6 Å². The van der Waals surface area contributed by atoms with Gasteiger partial charge in [0, 0.05) is 11.8 Å². The van der Waals surface area contributed by atoms with Gasteiger partial charge in [0.05, 0.1) is 38.9 Å². The molecule has 0 saturated carbocycles. The van der Waals surface area contributed by atoms with Gasteiger partial charge in [0.25, 0.3) is 5.91 Å². The Morgan fingerprint density at radius 1 is 0.966 bits per heavy atom. The summed E-state index contributed by atoms with van der Waals surface area (Å²) < 4.78 is 15.9. The van der Waals surface area contributed by atoms with Crippen LogP contribution in [0.25, 0.3) is 0 Å². The third-order valence-electron chi connectivity index (χ3n) is 3.98. The summed E-state index contributed by atoms with van der Waals surface area (Å²) in [5.41, 5.74) is 1.55. The van der Waals surface area contributed by atoms with Gasteiger partial charge in [-0.15, -0.1) is 0 Å². The van der Waals surface area contributed by atoms with Crippen molar-refractivity contribution in [2.45, 2.75) is 6.92 Å². The Morgan fingerprint density at radius 2 is 1.72 bits per heavy atom. The molecule has 0 aliphatic heterocycles. The second-order valence-electron chi connectivity index (χ2n) is 5.89. The van der Waals surface area contributed by atoms with Crippen LogP contribution in [0.1, 0.15) is 17.4 Å². The second-order valence-corrected chi connectivity index (χ2v) is 5.89. The van der Waals surface area contributed by atoms with Crippen molar-refractivity contribution in [2.75, 3.05) is 31.5 Å². The molecule has 0 aliphatic carbocycles. The highest BCUT2D eigenvalue weighted by atomic mass is 16.5. The van der Waals surface area contributed by atoms with Crippen molar-refractivity contribution < 1.29 is 19.0 Å². The fourth-order valence-corrected chi connectivity index (χ4v) is 2.55. The molecule has 8 heteroatoms. The third-order valence-corrected chi connectivity index (χ3v) is 3.98. The van der Waals surface area contributed by atoms with Crippen LogP contribution in [0.15, 0.2) is 54.9 Å². The van der Waals surface area contributed by atoms with Crippen LogP contribution in [-0.4, -0.2) is 36.7 Å². The number of nitrogens with one attached hydrogen (secondary N) is 2. The lowest BCUT2D eigenvalue weighted by molar-refractivity contribution is 0.102. The molecule has 0 fully saturated rings. The molecule has 29 heavy (non-hydrogen) atoms. The number of amides is 1. The smallest absolute Gasteiger partial charge is 0.275 e. The average Bonchev–Trinajstić information content (AvgIpc) is 2.76. The largest absolute Gasteiger partial charge is 0.497 e. The molecule has 0 radical (unpaired) electrons. The molecule has 0 saturated heterocycles. The predicted molar refractivity (Wildman–Crippen MR) is 110 cm³/mol. The number of methoxy groups -OCH3 is 2. The van der Waals surface area contributed by atoms with Gasteiger partial charge in [-0.25, -0.2) is 9.97 Å². The van der Waals surface area contributed by atoms with E-state index >= 15 is 0 Å². The minimum Gasteiger partial charge on any atom is -0.497 e. The van der Waals surface area contributed by atoms with Crippen molar-refractivity contribution in [3.8, 4) is 17.2 Å². The highest BCUT2D eigenvalue weighted by Gasteiger charge is 2.10. The van der Waals surface area contributed by atoms with Gasteiger partial charge in [-0.3, -0.25) is 4.79 Å². The molecule has 0 atom stereocenters. The first-order valence-electron chi connectivity index (χ1n) is 8.98. The summed E-state index contributed by atoms with van der Waals surface area (Å²) in [5.74, 6) is 2.15. The van der Waals surface area contributed by atoms with E-state index in [1.807, 2.05) is 13.0 Å². The summed E-state index contributed by atoms with van der Waals surface area (Å²) in [6.45, 7) is 2.50. The molecule has 0 aliphatic rings. The number of anilines is 3. The maximum atomic E-state index is 12.4. The lowest BCUT2D eigenvalue weighted by atomic mass is 10.2. The Labute approximate surface area is 168 Å². The van der Waals surface area contributed by atoms with E-state index in [2.05, 4.69) is 20.6 Å². The molecule has 1 heterocycles. The Hall–Kier alpha value is -3.81. The van der Waals surface area contributed by atoms with E-state index < -0.39 is 0 Å². The first kappa shape index (κ1) is 19.9. The molecule has 2 N–H and O–H groups in total. The Kier molecular flexibility index (Phi) is 6.47. The molecular weight excluding hydrogens is 372 g/mol. The highest BCUT2D eigenvalue weighted by molar-refractivity contribution is 6.02. The number of nitrogens with zero attached hydrogens (tertiary/aromatic N) is 2. The maximum absolute atomic E-state index is 12.4. The average molecular weight is 394 g/mol. The number of carbonyl (C=O) groups excluding carboxylic acids is 1. The molecule has 8 nitrogen and oxygen atoms in total. The normalized spacial score (nSPS) is 10.2. The fraction of sp³-hybridized carbons (Fsp3) is 0.190. The molecular formula is C21H22N4O4. The third kappa shape index (κ3) is 5.13. The first-order chi connectivity index (χ1) is 14.1. The van der Waals surface area contributed by atoms with Gasteiger partial charge < -0.3 is 24.8 Å². The SMILES string of the molecule is CCOc1ccc(NC(=O)c2cnc(Nc3ccc(OC)cc3OC)cn2)cc1. The summed E-state index contributed by atoms with van der Waals surface area (Å²) in [7, 11) is 3.16. The van der Waals surface area contributed by atoms with Crippen LogP contribution in [0, 0.1) is 0 Å². The molecule has 1 amide bonds. The predicted octanol–water partition coefficient (Wildman–Crippen LogP) is 3.89. The second kappa shape index (κ2) is 9.41. The Balaban J connectivity index is 1.66. The zero-order valence-corrected chi connectivity index (χ0v) is 16.4. The van der Waals surface area contributed by atoms with E-state index in [1.165, 1.54) is 12.4 Å². The summed E-state index contributed by atoms with van der Waals surface area (Å²) in [6, 6.07) is 12.5. The highest BCUT2D eigenvalue weighted by Crippen LogP contribution is 2.30. The van der Waals surface area contributed by atoms with Gasteiger partial charge in [-0.1, -0.05) is 0 Å². The van der Waals surface area contributed by atoms with Crippen LogP contribution in [0.3, 0.4) is 0 Å². The van der Waals surface area contributed by atoms with E-state index in [-0.39, 0.29) is 11.6 Å². The van der Waals surface area contributed by atoms with Gasteiger partial charge >= 0.3 is 0 Å². The van der Waals surface area contributed by atoms with Crippen molar-refractivity contribution in [3.05, 3.63) is 60.6 Å². The van der Waals surface area contributed by atoms with Crippen LogP contribution in [0.2, 0.25) is 0 Å². The van der Waals surface area contributed by atoms with E-state index in [9.17, 15) is 4.79 Å². The lowest BCUT2D eigenvalue weighted by Gasteiger charge is -2.12. The summed E-state index contributed by atoms with van der Waals surface area (Å²) >= 11 is 0. The summed E-state index contributed by atoms with van der Waals surface area (Å²) in [6.07, 6.45) is 2.89. The van der Waals surface area contributed by atoms with Crippen molar-refractivity contribution >= 4 is 23.1 Å². The summed E-state index contributed by atoms with van der Waals surface area (Å²) in [4.78, 5) is 20.8. The van der Waals surface area contributed by atoms with E-state index in [0.29, 0.717) is 35.3 Å². The van der Waals surface area contributed by atoms with Gasteiger partial charge in [-0.05, 0) is 43.3 Å². The lowest BCUT2D eigenvalue weighted by Crippen LogP contribution is -2.14. The van der Waals surface area contributed by atoms with Crippen molar-refractivity contribution in [1.29, 1.82) is 0 Å². The minimum absolute atomic E-state index is 0.200. The maximum Gasteiger partial charge on any atom is 0.275 e. The molecule has 0 spiro atoms. The van der Waals surface area contributed by atoms with E-state index in [0.717, 1.165) is 5.75 Å². The topological polar surface area (TPSA) is 94.6 Å². The number of hydrogen-bond donors (Lipinski definition) is 2. The molecule has 1 aromatic heterocycles. The Bertz CT molecular complexity index is 959. The Morgan fingerprint density at radius 3 is 2.34 bits per heavy atom. The summed E-state index contributed by atoms with van der Waals surface area (Å²) in [5, 5.41) is 5.89. The standard InChI is InChI=1S/C21H22N4O4/c1-4-29-15-7-5-14(6-8-15)24-21(26)18-12-23-20(13-22-18)25-17-10-9-16(27-2)11-19(17)28-3/h5-13H,4H2,1-3H3,(H,23,25)(H,24,26). The van der Waals surface area contributed by atoms with Crippen molar-refractivity contribution in [1.82, 2.24) is 9.97 Å². The van der Waals surface area contributed by atoms with Crippen molar-refractivity contribution in [3.63, 3.8) is 0 Å². The number of carbonyl (C=O) groups is 1. The first-order valence-corrected chi connectivity index (χ1v) is 8.98. The zero-order chi connectivity index (χ0) is 20.6. The van der Waals surface area contributed by atoms with Crippen LogP contribution < -0.4 is 24.8 Å². The molecule has 0 bridgehead atoms. The van der Waals surface area contributed by atoms with Crippen LogP contribution in [0.5, 0.6) is 17.2 Å². The van der Waals surface area contributed by atoms with Gasteiger partial charge in [0.1, 0.15) is 28.8 Å². The van der Waals surface area contributed by atoms with E-state index in [4.69, 9.17) is 14.2 Å². The van der Waals surface area contributed by atoms with Crippen LogP contribution in [0.4, 0.5) is 17.2 Å². The van der Waals surface area contributed by atoms with Crippen LogP contribution >= 0.6 is 0 Å². The number of hydrogen-bond acceptors (Lipinski definition) is 7. The number of rotatable bonds is 8. The zero-order valence-electron chi connectivity index (χ0n) is 16.4.